The minimum atomic E-state index is -1.65. The summed E-state index contributed by atoms with van der Waals surface area (Å²) in [7, 11) is 0. The van der Waals surface area contributed by atoms with Gasteiger partial charge in [0.15, 0.2) is 0 Å². The molecule has 2 atom stereocenters. The topological polar surface area (TPSA) is 66.8 Å². The average Bonchev–Trinajstić information content (AvgIpc) is 2.78. The number of rotatable bonds is 3. The normalized spacial score (nSPS) is 22.0. The summed E-state index contributed by atoms with van der Waals surface area (Å²) in [4.78, 5) is 27.6. The van der Waals surface area contributed by atoms with Crippen molar-refractivity contribution in [2.75, 3.05) is 13.2 Å². The molecular formula is C25H23NO4. The van der Waals surface area contributed by atoms with Gasteiger partial charge in [0, 0.05) is 5.56 Å². The summed E-state index contributed by atoms with van der Waals surface area (Å²) in [5.74, 6) is -0.717. The summed E-state index contributed by atoms with van der Waals surface area (Å²) in [6.45, 7) is 0.250. The van der Waals surface area contributed by atoms with Crippen LogP contribution in [0.1, 0.15) is 33.9 Å². The Morgan fingerprint density at radius 1 is 0.900 bits per heavy atom. The highest BCUT2D eigenvalue weighted by atomic mass is 16.5. The van der Waals surface area contributed by atoms with E-state index < -0.39 is 17.6 Å². The Morgan fingerprint density at radius 2 is 1.47 bits per heavy atom. The number of amides is 1. The van der Waals surface area contributed by atoms with Gasteiger partial charge in [-0.3, -0.25) is 9.59 Å². The van der Waals surface area contributed by atoms with Crippen molar-refractivity contribution in [2.45, 2.75) is 18.1 Å². The van der Waals surface area contributed by atoms with Crippen molar-refractivity contribution in [3.05, 3.63) is 108 Å². The molecule has 3 aromatic carbocycles. The van der Waals surface area contributed by atoms with Crippen LogP contribution < -0.4 is 0 Å². The molecular weight excluding hydrogens is 378 g/mol. The first-order valence-corrected chi connectivity index (χ1v) is 9.94. The Kier molecular flexibility index (Phi) is 5.63. The van der Waals surface area contributed by atoms with E-state index in [-0.39, 0.29) is 25.5 Å². The van der Waals surface area contributed by atoms with Crippen LogP contribution in [-0.2, 0) is 15.1 Å². The second-order valence-electron chi connectivity index (χ2n) is 7.37. The summed E-state index contributed by atoms with van der Waals surface area (Å²) in [6.07, 6.45) is -0.255. The minimum Gasteiger partial charge on any atom is -0.464 e. The molecule has 0 bridgehead atoms. The average molecular weight is 401 g/mol. The van der Waals surface area contributed by atoms with Gasteiger partial charge >= 0.3 is 5.97 Å². The van der Waals surface area contributed by atoms with Gasteiger partial charge < -0.3 is 14.7 Å². The SMILES string of the molecule is O=C1C[C@](O)(c2ccccc2)[C@@H](c2ccccc2)N(C(=O)c2ccccc2)CCO1. The maximum Gasteiger partial charge on any atom is 0.309 e. The molecule has 0 aliphatic carbocycles. The lowest BCUT2D eigenvalue weighted by Gasteiger charge is -2.44. The van der Waals surface area contributed by atoms with Crippen molar-refractivity contribution >= 4 is 11.9 Å². The number of cyclic esters (lactones) is 1. The Balaban J connectivity index is 1.89. The first-order chi connectivity index (χ1) is 14.6. The van der Waals surface area contributed by atoms with Crippen LogP contribution in [0.2, 0.25) is 0 Å². The summed E-state index contributed by atoms with van der Waals surface area (Å²) in [5, 5.41) is 12.0. The number of hydrogen-bond donors (Lipinski definition) is 1. The van der Waals surface area contributed by atoms with Gasteiger partial charge in [-0.1, -0.05) is 78.9 Å². The number of esters is 1. The van der Waals surface area contributed by atoms with Crippen molar-refractivity contribution in [2.24, 2.45) is 0 Å². The molecule has 5 nitrogen and oxygen atoms in total. The van der Waals surface area contributed by atoms with Crippen LogP contribution in [0.5, 0.6) is 0 Å². The predicted molar refractivity (Wildman–Crippen MR) is 113 cm³/mol. The number of carbonyl (C=O) groups excluding carboxylic acids is 2. The van der Waals surface area contributed by atoms with Crippen LogP contribution in [-0.4, -0.2) is 35.0 Å². The van der Waals surface area contributed by atoms with Gasteiger partial charge in [-0.05, 0) is 23.3 Å². The van der Waals surface area contributed by atoms with Crippen LogP contribution in [0.3, 0.4) is 0 Å². The number of carbonyl (C=O) groups is 2. The lowest BCUT2D eigenvalue weighted by atomic mass is 9.78. The lowest BCUT2D eigenvalue weighted by Crippen LogP contribution is -2.51. The molecule has 0 unspecified atom stereocenters. The quantitative estimate of drug-likeness (QED) is 0.680. The fourth-order valence-corrected chi connectivity index (χ4v) is 4.06. The molecule has 1 aliphatic rings. The van der Waals surface area contributed by atoms with E-state index in [4.69, 9.17) is 4.74 Å². The highest BCUT2D eigenvalue weighted by molar-refractivity contribution is 5.94. The molecule has 4 rings (SSSR count). The van der Waals surface area contributed by atoms with E-state index in [2.05, 4.69) is 0 Å². The van der Waals surface area contributed by atoms with Crippen LogP contribution in [0, 0.1) is 0 Å². The zero-order valence-corrected chi connectivity index (χ0v) is 16.5. The number of ether oxygens (including phenoxy) is 1. The summed E-state index contributed by atoms with van der Waals surface area (Å²) >= 11 is 0. The molecule has 0 aromatic heterocycles. The van der Waals surface area contributed by atoms with Gasteiger partial charge in [-0.25, -0.2) is 0 Å². The van der Waals surface area contributed by atoms with Crippen molar-refractivity contribution < 1.29 is 19.4 Å². The van der Waals surface area contributed by atoms with Crippen LogP contribution in [0.25, 0.3) is 0 Å². The van der Waals surface area contributed by atoms with Crippen molar-refractivity contribution in [3.63, 3.8) is 0 Å². The van der Waals surface area contributed by atoms with E-state index in [0.717, 1.165) is 5.56 Å². The molecule has 1 heterocycles. The van der Waals surface area contributed by atoms with Crippen LogP contribution in [0.15, 0.2) is 91.0 Å². The Bertz CT molecular complexity index is 1010. The maximum absolute atomic E-state index is 13.5. The van der Waals surface area contributed by atoms with E-state index in [0.29, 0.717) is 11.1 Å². The molecule has 152 valence electrons. The molecule has 1 fully saturated rings. The van der Waals surface area contributed by atoms with Gasteiger partial charge in [0.05, 0.1) is 19.0 Å². The minimum absolute atomic E-state index is 0.0750. The molecule has 1 N–H and O–H groups in total. The monoisotopic (exact) mass is 401 g/mol. The van der Waals surface area contributed by atoms with Gasteiger partial charge in [0.2, 0.25) is 0 Å². The van der Waals surface area contributed by atoms with Crippen molar-refractivity contribution in [1.82, 2.24) is 4.90 Å². The summed E-state index contributed by atoms with van der Waals surface area (Å²) in [5.41, 5.74) is 0.178. The third kappa shape index (κ3) is 3.84. The molecule has 30 heavy (non-hydrogen) atoms. The van der Waals surface area contributed by atoms with E-state index in [9.17, 15) is 14.7 Å². The number of benzene rings is 3. The molecule has 5 heteroatoms. The number of aliphatic hydroxyl groups is 1. The summed E-state index contributed by atoms with van der Waals surface area (Å²) in [6, 6.07) is 26.5. The largest absolute Gasteiger partial charge is 0.464 e. The van der Waals surface area contributed by atoms with Crippen molar-refractivity contribution in [3.8, 4) is 0 Å². The second-order valence-corrected chi connectivity index (χ2v) is 7.37. The molecule has 3 aromatic rings. The molecule has 1 saturated heterocycles. The third-order valence-electron chi connectivity index (χ3n) is 5.44. The first kappa shape index (κ1) is 19.9. The highest BCUT2D eigenvalue weighted by Crippen LogP contribution is 2.43. The molecule has 0 saturated carbocycles. The maximum atomic E-state index is 13.5. The van der Waals surface area contributed by atoms with Crippen molar-refractivity contribution in [1.29, 1.82) is 0 Å². The molecule has 1 amide bonds. The third-order valence-corrected chi connectivity index (χ3v) is 5.44. The molecule has 0 spiro atoms. The number of nitrogens with zero attached hydrogens (tertiary/aromatic N) is 1. The standard InChI is InChI=1S/C25H23NO4/c27-22-18-25(29,21-14-8-3-9-15-21)23(19-10-4-1-5-11-19)26(16-17-30-22)24(28)20-12-6-2-7-13-20/h1-15,23,29H,16-18H2/t23-,25+/m1/s1. The van der Waals surface area contributed by atoms with Gasteiger partial charge in [-0.15, -0.1) is 0 Å². The van der Waals surface area contributed by atoms with Gasteiger partial charge in [0.1, 0.15) is 12.2 Å². The fourth-order valence-electron chi connectivity index (χ4n) is 4.06. The zero-order chi connectivity index (χ0) is 21.0. The summed E-state index contributed by atoms with van der Waals surface area (Å²) < 4.78 is 5.31. The fraction of sp³-hybridized carbons (Fsp3) is 0.200. The Hall–Kier alpha value is -3.44. The number of hydrogen-bond acceptors (Lipinski definition) is 4. The molecule has 0 radical (unpaired) electrons. The lowest BCUT2D eigenvalue weighted by molar-refractivity contribution is -0.159. The van der Waals surface area contributed by atoms with Crippen LogP contribution in [0.4, 0.5) is 0 Å². The van der Waals surface area contributed by atoms with Gasteiger partial charge in [-0.2, -0.15) is 0 Å². The van der Waals surface area contributed by atoms with Crippen LogP contribution >= 0.6 is 0 Å². The van der Waals surface area contributed by atoms with E-state index in [1.165, 1.54) is 0 Å². The second kappa shape index (κ2) is 8.51. The van der Waals surface area contributed by atoms with E-state index in [1.54, 1.807) is 41.3 Å². The van der Waals surface area contributed by atoms with Gasteiger partial charge in [0.25, 0.3) is 5.91 Å². The first-order valence-electron chi connectivity index (χ1n) is 9.94. The van der Waals surface area contributed by atoms with E-state index in [1.807, 2.05) is 54.6 Å². The smallest absolute Gasteiger partial charge is 0.309 e. The predicted octanol–water partition coefficient (Wildman–Crippen LogP) is 3.70. The highest BCUT2D eigenvalue weighted by Gasteiger charge is 2.47. The van der Waals surface area contributed by atoms with E-state index >= 15 is 0 Å². The zero-order valence-electron chi connectivity index (χ0n) is 16.5. The Morgan fingerprint density at radius 3 is 2.10 bits per heavy atom. The molecule has 1 aliphatic heterocycles. The Labute approximate surface area is 175 Å².